The quantitative estimate of drug-likeness (QED) is 0.783. The van der Waals surface area contributed by atoms with Crippen LogP contribution in [0.5, 0.6) is 5.75 Å². The van der Waals surface area contributed by atoms with Gasteiger partial charge in [-0.15, -0.1) is 0 Å². The molecule has 8 heteroatoms. The number of urea groups is 1. The highest BCUT2D eigenvalue weighted by Gasteiger charge is 2.22. The van der Waals surface area contributed by atoms with Crippen molar-refractivity contribution in [2.24, 2.45) is 0 Å². The Kier molecular flexibility index (Phi) is 7.28. The predicted octanol–water partition coefficient (Wildman–Crippen LogP) is 3.41. The summed E-state index contributed by atoms with van der Waals surface area (Å²) in [7, 11) is 0. The summed E-state index contributed by atoms with van der Waals surface area (Å²) >= 11 is 6.10. The van der Waals surface area contributed by atoms with Gasteiger partial charge in [0.2, 0.25) is 0 Å². The first-order chi connectivity index (χ1) is 14.1. The molecule has 0 bridgehead atoms. The highest BCUT2D eigenvalue weighted by atomic mass is 35.5. The molecule has 0 atom stereocenters. The van der Waals surface area contributed by atoms with Gasteiger partial charge in [0, 0.05) is 49.9 Å². The Hall–Kier alpha value is -2.82. The first-order valence-corrected chi connectivity index (χ1v) is 9.71. The second kappa shape index (κ2) is 10.1. The minimum absolute atomic E-state index is 0.0157. The van der Waals surface area contributed by atoms with Crippen LogP contribution in [0.2, 0.25) is 5.02 Å². The molecule has 0 radical (unpaired) electrons. The molecule has 2 amide bonds. The largest absolute Gasteiger partial charge is 0.479 e. The summed E-state index contributed by atoms with van der Waals surface area (Å²) in [5, 5.41) is 11.9. The molecule has 2 aromatic carbocycles. The van der Waals surface area contributed by atoms with E-state index in [1.807, 2.05) is 18.2 Å². The number of nitrogens with one attached hydrogen (secondary N) is 1. The van der Waals surface area contributed by atoms with E-state index < -0.39 is 0 Å². The standard InChI is InChI=1S/C21H22ClFN4O2/c22-19-5-2-6-20(23)18(19)15-26-8-10-27(11-9-26)21(28)25-14-16-3-1-4-17(13-16)29-12-7-24/h1-6,13H,8-12,14-15H2,(H,25,28). The molecular formula is C21H22ClFN4O2. The molecule has 1 N–H and O–H groups in total. The van der Waals surface area contributed by atoms with Crippen LogP contribution in [-0.4, -0.2) is 48.6 Å². The maximum Gasteiger partial charge on any atom is 0.317 e. The molecule has 3 rings (SSSR count). The fourth-order valence-electron chi connectivity index (χ4n) is 3.17. The van der Waals surface area contributed by atoms with Crippen molar-refractivity contribution in [2.45, 2.75) is 13.1 Å². The molecule has 0 unspecified atom stereocenters. The van der Waals surface area contributed by atoms with Crippen molar-refractivity contribution >= 4 is 17.6 Å². The number of benzene rings is 2. The van der Waals surface area contributed by atoms with Gasteiger partial charge in [-0.2, -0.15) is 5.26 Å². The molecule has 1 aliphatic rings. The number of halogens is 2. The average Bonchev–Trinajstić information content (AvgIpc) is 2.74. The number of hydrogen-bond acceptors (Lipinski definition) is 4. The lowest BCUT2D eigenvalue weighted by molar-refractivity contribution is 0.134. The first-order valence-electron chi connectivity index (χ1n) is 9.33. The van der Waals surface area contributed by atoms with E-state index in [1.54, 1.807) is 29.2 Å². The lowest BCUT2D eigenvalue weighted by atomic mass is 10.2. The van der Waals surface area contributed by atoms with Crippen molar-refractivity contribution in [2.75, 3.05) is 32.8 Å². The van der Waals surface area contributed by atoms with Crippen molar-refractivity contribution in [1.82, 2.24) is 15.1 Å². The van der Waals surface area contributed by atoms with Gasteiger partial charge in [0.1, 0.15) is 17.6 Å². The van der Waals surface area contributed by atoms with Crippen LogP contribution in [0.3, 0.4) is 0 Å². The summed E-state index contributed by atoms with van der Waals surface area (Å²) in [5.41, 5.74) is 1.38. The molecule has 0 aliphatic carbocycles. The fourth-order valence-corrected chi connectivity index (χ4v) is 3.39. The van der Waals surface area contributed by atoms with Gasteiger partial charge in [0.15, 0.2) is 6.61 Å². The SMILES string of the molecule is N#CCOc1cccc(CNC(=O)N2CCN(Cc3c(F)cccc3Cl)CC2)c1. The van der Waals surface area contributed by atoms with Gasteiger partial charge in [-0.05, 0) is 29.8 Å². The summed E-state index contributed by atoms with van der Waals surface area (Å²) in [4.78, 5) is 16.3. The number of rotatable bonds is 6. The van der Waals surface area contributed by atoms with E-state index in [0.29, 0.717) is 55.6 Å². The Morgan fingerprint density at radius 3 is 2.69 bits per heavy atom. The van der Waals surface area contributed by atoms with Crippen LogP contribution in [0, 0.1) is 17.1 Å². The van der Waals surface area contributed by atoms with E-state index in [-0.39, 0.29) is 18.5 Å². The van der Waals surface area contributed by atoms with Gasteiger partial charge in [-0.3, -0.25) is 4.90 Å². The Bertz CT molecular complexity index is 874. The predicted molar refractivity (Wildman–Crippen MR) is 108 cm³/mol. The third kappa shape index (κ3) is 5.83. The fraction of sp³-hybridized carbons (Fsp3) is 0.333. The third-order valence-corrected chi connectivity index (χ3v) is 5.10. The monoisotopic (exact) mass is 416 g/mol. The van der Waals surface area contributed by atoms with Crippen LogP contribution in [0.1, 0.15) is 11.1 Å². The van der Waals surface area contributed by atoms with E-state index in [4.69, 9.17) is 21.6 Å². The Balaban J connectivity index is 1.46. The molecule has 1 saturated heterocycles. The van der Waals surface area contributed by atoms with Crippen molar-refractivity contribution in [3.05, 3.63) is 64.4 Å². The van der Waals surface area contributed by atoms with E-state index in [0.717, 1.165) is 5.56 Å². The molecule has 1 fully saturated rings. The van der Waals surface area contributed by atoms with Gasteiger partial charge in [-0.25, -0.2) is 9.18 Å². The van der Waals surface area contributed by atoms with Crippen molar-refractivity contribution in [3.63, 3.8) is 0 Å². The van der Waals surface area contributed by atoms with Gasteiger partial charge < -0.3 is 15.0 Å². The van der Waals surface area contributed by atoms with Crippen LogP contribution in [0.4, 0.5) is 9.18 Å². The normalized spacial score (nSPS) is 14.3. The Morgan fingerprint density at radius 1 is 1.21 bits per heavy atom. The van der Waals surface area contributed by atoms with E-state index in [9.17, 15) is 9.18 Å². The van der Waals surface area contributed by atoms with E-state index in [2.05, 4.69) is 10.2 Å². The maximum absolute atomic E-state index is 14.0. The summed E-state index contributed by atoms with van der Waals surface area (Å²) in [6, 6.07) is 13.7. The van der Waals surface area contributed by atoms with Crippen LogP contribution in [0.25, 0.3) is 0 Å². The van der Waals surface area contributed by atoms with Crippen molar-refractivity contribution in [1.29, 1.82) is 5.26 Å². The number of piperazine rings is 1. The Morgan fingerprint density at radius 2 is 1.97 bits per heavy atom. The maximum atomic E-state index is 14.0. The number of carbonyl (C=O) groups excluding carboxylic acids is 1. The lowest BCUT2D eigenvalue weighted by Gasteiger charge is -2.34. The highest BCUT2D eigenvalue weighted by Crippen LogP contribution is 2.21. The molecular weight excluding hydrogens is 395 g/mol. The second-order valence-electron chi connectivity index (χ2n) is 6.72. The zero-order valence-corrected chi connectivity index (χ0v) is 16.7. The number of carbonyl (C=O) groups is 1. The van der Waals surface area contributed by atoms with E-state index >= 15 is 0 Å². The Labute approximate surface area is 174 Å². The second-order valence-corrected chi connectivity index (χ2v) is 7.12. The van der Waals surface area contributed by atoms with Gasteiger partial charge in [-0.1, -0.05) is 29.8 Å². The van der Waals surface area contributed by atoms with Crippen LogP contribution in [0.15, 0.2) is 42.5 Å². The molecule has 6 nitrogen and oxygen atoms in total. The van der Waals surface area contributed by atoms with Gasteiger partial charge in [0.05, 0.1) is 0 Å². The smallest absolute Gasteiger partial charge is 0.317 e. The number of ether oxygens (including phenoxy) is 1. The lowest BCUT2D eigenvalue weighted by Crippen LogP contribution is -2.51. The topological polar surface area (TPSA) is 68.6 Å². The molecule has 1 aliphatic heterocycles. The van der Waals surface area contributed by atoms with Crippen molar-refractivity contribution < 1.29 is 13.9 Å². The van der Waals surface area contributed by atoms with Gasteiger partial charge in [0.25, 0.3) is 0 Å². The molecule has 2 aromatic rings. The van der Waals surface area contributed by atoms with Crippen LogP contribution < -0.4 is 10.1 Å². The summed E-state index contributed by atoms with van der Waals surface area (Å²) in [5.74, 6) is 0.289. The molecule has 0 saturated carbocycles. The van der Waals surface area contributed by atoms with Crippen molar-refractivity contribution in [3.8, 4) is 11.8 Å². The van der Waals surface area contributed by atoms with Crippen LogP contribution >= 0.6 is 11.6 Å². The molecule has 152 valence electrons. The van der Waals surface area contributed by atoms with Crippen LogP contribution in [-0.2, 0) is 13.1 Å². The minimum Gasteiger partial charge on any atom is -0.479 e. The van der Waals surface area contributed by atoms with Gasteiger partial charge >= 0.3 is 6.03 Å². The zero-order chi connectivity index (χ0) is 20.6. The first kappa shape index (κ1) is 20.9. The zero-order valence-electron chi connectivity index (χ0n) is 15.9. The third-order valence-electron chi connectivity index (χ3n) is 4.75. The number of nitriles is 1. The van der Waals surface area contributed by atoms with E-state index in [1.165, 1.54) is 6.07 Å². The average molecular weight is 417 g/mol. The minimum atomic E-state index is -0.307. The molecule has 0 spiro atoms. The molecule has 0 aromatic heterocycles. The summed E-state index contributed by atoms with van der Waals surface area (Å²) < 4.78 is 19.2. The molecule has 29 heavy (non-hydrogen) atoms. The number of amides is 2. The summed E-state index contributed by atoms with van der Waals surface area (Å²) in [6.07, 6.45) is 0. The number of hydrogen-bond donors (Lipinski definition) is 1. The summed E-state index contributed by atoms with van der Waals surface area (Å²) in [6.45, 7) is 3.19. The molecule has 1 heterocycles. The number of nitrogens with zero attached hydrogens (tertiary/aromatic N) is 3. The highest BCUT2D eigenvalue weighted by molar-refractivity contribution is 6.31.